The molecule has 0 aliphatic rings. The molecule has 0 unspecified atom stereocenters. The van der Waals surface area contributed by atoms with Crippen molar-refractivity contribution >= 4 is 21.6 Å². The van der Waals surface area contributed by atoms with E-state index in [1.807, 2.05) is 37.3 Å². The van der Waals surface area contributed by atoms with Gasteiger partial charge in [0.2, 0.25) is 0 Å². The Morgan fingerprint density at radius 2 is 1.82 bits per heavy atom. The van der Waals surface area contributed by atoms with Crippen LogP contribution in [0.15, 0.2) is 52.1 Å². The largest absolute Gasteiger partial charge is 0.496 e. The Balaban J connectivity index is 1.99. The van der Waals surface area contributed by atoms with Crippen LogP contribution in [0.2, 0.25) is 0 Å². The van der Waals surface area contributed by atoms with E-state index in [0.29, 0.717) is 11.4 Å². The van der Waals surface area contributed by atoms with Gasteiger partial charge in [-0.2, -0.15) is 4.37 Å². The summed E-state index contributed by atoms with van der Waals surface area (Å²) in [6.45, 7) is 3.75. The number of rotatable bonds is 3. The molecule has 4 aromatic rings. The molecule has 0 aliphatic carbocycles. The highest BCUT2D eigenvalue weighted by atomic mass is 32.1. The van der Waals surface area contributed by atoms with Crippen molar-refractivity contribution in [3.05, 3.63) is 74.6 Å². The Labute approximate surface area is 165 Å². The molecule has 0 saturated heterocycles. The summed E-state index contributed by atoms with van der Waals surface area (Å²) in [5, 5.41) is 0.876. The highest BCUT2D eigenvalue weighted by Gasteiger charge is 2.16. The highest BCUT2D eigenvalue weighted by Crippen LogP contribution is 2.37. The maximum absolute atomic E-state index is 12.7. The molecule has 0 radical (unpaired) electrons. The molecule has 6 nitrogen and oxygen atoms in total. The second kappa shape index (κ2) is 6.76. The standard InChI is InChI=1S/C21H19N3O3S/c1-12-5-7-17(27-4)15(9-12)20-16-11-14(6-8-18(16)28-22-20)24-19(25)10-13(2)23(3)21(24)26/h5-11H,1-4H3. The van der Waals surface area contributed by atoms with Crippen LogP contribution in [-0.2, 0) is 7.05 Å². The second-order valence-corrected chi connectivity index (χ2v) is 7.52. The zero-order valence-electron chi connectivity index (χ0n) is 16.0. The molecule has 2 aromatic heterocycles. The fraction of sp³-hybridized carbons (Fsp3) is 0.190. The predicted octanol–water partition coefficient (Wildman–Crippen LogP) is 3.44. The van der Waals surface area contributed by atoms with Crippen molar-refractivity contribution in [3.8, 4) is 22.7 Å². The lowest BCUT2D eigenvalue weighted by Crippen LogP contribution is -2.38. The van der Waals surface area contributed by atoms with Crippen LogP contribution in [0, 0.1) is 13.8 Å². The van der Waals surface area contributed by atoms with Gasteiger partial charge in [0.1, 0.15) is 5.75 Å². The number of ether oxygens (including phenoxy) is 1. The van der Waals surface area contributed by atoms with E-state index >= 15 is 0 Å². The highest BCUT2D eigenvalue weighted by molar-refractivity contribution is 7.13. The lowest BCUT2D eigenvalue weighted by Gasteiger charge is -2.10. The van der Waals surface area contributed by atoms with Gasteiger partial charge in [-0.3, -0.25) is 4.79 Å². The minimum Gasteiger partial charge on any atom is -0.496 e. The van der Waals surface area contributed by atoms with Gasteiger partial charge in [-0.15, -0.1) is 0 Å². The third-order valence-electron chi connectivity index (χ3n) is 4.88. The Bertz CT molecular complexity index is 1330. The van der Waals surface area contributed by atoms with Gasteiger partial charge in [-0.1, -0.05) is 11.6 Å². The first-order chi connectivity index (χ1) is 13.4. The number of hydrogen-bond donors (Lipinski definition) is 0. The lowest BCUT2D eigenvalue weighted by atomic mass is 10.0. The fourth-order valence-corrected chi connectivity index (χ4v) is 4.01. The number of fused-ring (bicyclic) bond motifs is 1. The Kier molecular flexibility index (Phi) is 4.39. The molecule has 142 valence electrons. The molecule has 4 rings (SSSR count). The van der Waals surface area contributed by atoms with Crippen molar-refractivity contribution in [1.82, 2.24) is 13.5 Å². The van der Waals surface area contributed by atoms with Gasteiger partial charge in [-0.05, 0) is 55.7 Å². The molecule has 0 saturated carbocycles. The van der Waals surface area contributed by atoms with Gasteiger partial charge < -0.3 is 9.30 Å². The van der Waals surface area contributed by atoms with Crippen LogP contribution < -0.4 is 16.0 Å². The first-order valence-corrected chi connectivity index (χ1v) is 9.52. The van der Waals surface area contributed by atoms with Crippen molar-refractivity contribution in [2.24, 2.45) is 7.05 Å². The van der Waals surface area contributed by atoms with E-state index in [4.69, 9.17) is 4.74 Å². The van der Waals surface area contributed by atoms with E-state index in [1.165, 1.54) is 26.7 Å². The summed E-state index contributed by atoms with van der Waals surface area (Å²) < 4.78 is 13.7. The van der Waals surface area contributed by atoms with Crippen LogP contribution >= 0.6 is 11.5 Å². The summed E-state index contributed by atoms with van der Waals surface area (Å²) in [7, 11) is 3.28. The van der Waals surface area contributed by atoms with Crippen LogP contribution in [0.25, 0.3) is 27.0 Å². The number of aryl methyl sites for hydroxylation is 2. The van der Waals surface area contributed by atoms with Gasteiger partial charge in [0.25, 0.3) is 5.56 Å². The van der Waals surface area contributed by atoms with Crippen LogP contribution in [0.4, 0.5) is 0 Å². The monoisotopic (exact) mass is 393 g/mol. The molecule has 0 N–H and O–H groups in total. The minimum atomic E-state index is -0.373. The van der Waals surface area contributed by atoms with Crippen molar-refractivity contribution in [1.29, 1.82) is 0 Å². The van der Waals surface area contributed by atoms with Gasteiger partial charge in [0.15, 0.2) is 0 Å². The average Bonchev–Trinajstić information content (AvgIpc) is 3.09. The van der Waals surface area contributed by atoms with E-state index in [-0.39, 0.29) is 11.2 Å². The Morgan fingerprint density at radius 3 is 2.57 bits per heavy atom. The molecule has 7 heteroatoms. The van der Waals surface area contributed by atoms with Crippen molar-refractivity contribution in [3.63, 3.8) is 0 Å². The van der Waals surface area contributed by atoms with Crippen LogP contribution in [0.1, 0.15) is 11.3 Å². The molecular formula is C21H19N3O3S. The molecule has 0 bridgehead atoms. The Hall–Kier alpha value is -3.19. The summed E-state index contributed by atoms with van der Waals surface area (Å²) in [5.41, 5.74) is 3.17. The van der Waals surface area contributed by atoms with E-state index in [2.05, 4.69) is 4.37 Å². The molecule has 0 atom stereocenters. The topological polar surface area (TPSA) is 66.1 Å². The number of methoxy groups -OCH3 is 1. The average molecular weight is 393 g/mol. The van der Waals surface area contributed by atoms with Crippen molar-refractivity contribution < 1.29 is 4.74 Å². The molecule has 28 heavy (non-hydrogen) atoms. The number of benzene rings is 2. The zero-order valence-corrected chi connectivity index (χ0v) is 16.8. The SMILES string of the molecule is COc1ccc(C)cc1-c1nsc2ccc(-n3c(=O)cc(C)n(C)c3=O)cc12. The summed E-state index contributed by atoms with van der Waals surface area (Å²) in [6.07, 6.45) is 0. The van der Waals surface area contributed by atoms with Gasteiger partial charge >= 0.3 is 5.69 Å². The second-order valence-electron chi connectivity index (χ2n) is 6.72. The lowest BCUT2D eigenvalue weighted by molar-refractivity contribution is 0.416. The summed E-state index contributed by atoms with van der Waals surface area (Å²) in [4.78, 5) is 25.2. The minimum absolute atomic E-state index is 0.349. The zero-order chi connectivity index (χ0) is 20.0. The summed E-state index contributed by atoms with van der Waals surface area (Å²) >= 11 is 1.38. The van der Waals surface area contributed by atoms with Crippen LogP contribution in [0.3, 0.4) is 0 Å². The van der Waals surface area contributed by atoms with E-state index < -0.39 is 0 Å². The normalized spacial score (nSPS) is 11.1. The molecule has 0 spiro atoms. The fourth-order valence-electron chi connectivity index (χ4n) is 3.24. The van der Waals surface area contributed by atoms with E-state index in [9.17, 15) is 9.59 Å². The van der Waals surface area contributed by atoms with Gasteiger partial charge in [-0.25, -0.2) is 9.36 Å². The maximum atomic E-state index is 12.7. The first-order valence-electron chi connectivity index (χ1n) is 8.75. The van der Waals surface area contributed by atoms with E-state index in [1.54, 1.807) is 27.1 Å². The van der Waals surface area contributed by atoms with Crippen LogP contribution in [0.5, 0.6) is 5.75 Å². The van der Waals surface area contributed by atoms with Crippen LogP contribution in [-0.4, -0.2) is 20.6 Å². The van der Waals surface area contributed by atoms with Gasteiger partial charge in [0, 0.05) is 29.8 Å². The number of nitrogens with zero attached hydrogens (tertiary/aromatic N) is 3. The molecule has 0 fully saturated rings. The quantitative estimate of drug-likeness (QED) is 0.535. The summed E-state index contributed by atoms with van der Waals surface area (Å²) in [6, 6.07) is 12.9. The molecule has 0 amide bonds. The third-order valence-corrected chi connectivity index (χ3v) is 5.71. The van der Waals surface area contributed by atoms with Crippen molar-refractivity contribution in [2.45, 2.75) is 13.8 Å². The predicted molar refractivity (Wildman–Crippen MR) is 112 cm³/mol. The molecule has 0 aliphatic heterocycles. The summed E-state index contributed by atoms with van der Waals surface area (Å²) in [5.74, 6) is 0.728. The molecule has 2 aromatic carbocycles. The van der Waals surface area contributed by atoms with E-state index in [0.717, 1.165) is 32.7 Å². The smallest absolute Gasteiger partial charge is 0.335 e. The third kappa shape index (κ3) is 2.84. The number of aromatic nitrogens is 3. The molecule has 2 heterocycles. The Morgan fingerprint density at radius 1 is 1.04 bits per heavy atom. The first kappa shape index (κ1) is 18.2. The van der Waals surface area contributed by atoms with Crippen molar-refractivity contribution in [2.75, 3.05) is 7.11 Å². The number of hydrogen-bond acceptors (Lipinski definition) is 5. The maximum Gasteiger partial charge on any atom is 0.335 e. The van der Waals surface area contributed by atoms with Gasteiger partial charge in [0.05, 0.1) is 23.2 Å². The molecular weight excluding hydrogens is 374 g/mol.